The van der Waals surface area contributed by atoms with E-state index >= 15 is 0 Å². The molecule has 3 aromatic rings. The van der Waals surface area contributed by atoms with Crippen LogP contribution in [0.15, 0.2) is 30.5 Å². The van der Waals surface area contributed by atoms with Crippen LogP contribution in [0, 0.1) is 13.8 Å². The highest BCUT2D eigenvalue weighted by Gasteiger charge is 2.08. The van der Waals surface area contributed by atoms with Crippen LogP contribution in [0.3, 0.4) is 0 Å². The van der Waals surface area contributed by atoms with E-state index in [0.717, 1.165) is 29.7 Å². The molecule has 2 aromatic heterocycles. The van der Waals surface area contributed by atoms with E-state index in [2.05, 4.69) is 53.0 Å². The summed E-state index contributed by atoms with van der Waals surface area (Å²) in [6, 6.07) is 8.44. The first kappa shape index (κ1) is 12.8. The second-order valence-corrected chi connectivity index (χ2v) is 5.13. The monoisotopic (exact) mass is 268 g/mol. The van der Waals surface area contributed by atoms with Gasteiger partial charge in [0.05, 0.1) is 11.7 Å². The lowest BCUT2D eigenvalue weighted by Crippen LogP contribution is -2.03. The van der Waals surface area contributed by atoms with Crippen molar-refractivity contribution in [1.29, 1.82) is 0 Å². The van der Waals surface area contributed by atoms with E-state index in [4.69, 9.17) is 0 Å². The fraction of sp³-hybridized carbons (Fsp3) is 0.312. The normalized spacial score (nSPS) is 11.2. The summed E-state index contributed by atoms with van der Waals surface area (Å²) in [6.07, 6.45) is 1.87. The van der Waals surface area contributed by atoms with E-state index in [9.17, 15) is 0 Å². The molecule has 4 nitrogen and oxygen atoms in total. The van der Waals surface area contributed by atoms with E-state index in [0.29, 0.717) is 0 Å². The van der Waals surface area contributed by atoms with Gasteiger partial charge in [-0.25, -0.2) is 0 Å². The lowest BCUT2D eigenvalue weighted by atomic mass is 10.2. The minimum Gasteiger partial charge on any atom is -0.380 e. The maximum absolute atomic E-state index is 4.10. The van der Waals surface area contributed by atoms with Crippen LogP contribution < -0.4 is 5.32 Å². The Hall–Kier alpha value is -2.23. The Morgan fingerprint density at radius 3 is 2.90 bits per heavy atom. The maximum atomic E-state index is 4.10. The Balaban J connectivity index is 1.85. The molecular weight excluding hydrogens is 248 g/mol. The third-order valence-electron chi connectivity index (χ3n) is 3.95. The highest BCUT2D eigenvalue weighted by molar-refractivity contribution is 5.90. The van der Waals surface area contributed by atoms with E-state index in [1.807, 2.05) is 18.3 Å². The quantitative estimate of drug-likeness (QED) is 0.759. The van der Waals surface area contributed by atoms with Gasteiger partial charge in [0.25, 0.3) is 0 Å². The highest BCUT2D eigenvalue weighted by Crippen LogP contribution is 2.23. The summed E-state index contributed by atoms with van der Waals surface area (Å²) in [5.74, 6) is 0. The summed E-state index contributed by atoms with van der Waals surface area (Å²) in [5.41, 5.74) is 6.21. The number of hydrogen-bond donors (Lipinski definition) is 2. The second-order valence-electron chi connectivity index (χ2n) is 5.13. The molecule has 20 heavy (non-hydrogen) atoms. The van der Waals surface area contributed by atoms with Gasteiger partial charge in [0, 0.05) is 35.6 Å². The molecule has 0 fully saturated rings. The molecule has 0 bridgehead atoms. The van der Waals surface area contributed by atoms with Crippen molar-refractivity contribution in [3.05, 3.63) is 47.4 Å². The van der Waals surface area contributed by atoms with Gasteiger partial charge in [-0.3, -0.25) is 5.10 Å². The summed E-state index contributed by atoms with van der Waals surface area (Å²) in [6.45, 7) is 8.39. The third kappa shape index (κ3) is 2.07. The number of anilines is 1. The average molecular weight is 268 g/mol. The van der Waals surface area contributed by atoms with Crippen molar-refractivity contribution in [2.24, 2.45) is 0 Å². The number of aryl methyl sites for hydroxylation is 1. The summed E-state index contributed by atoms with van der Waals surface area (Å²) in [4.78, 5) is 0. The Bertz CT molecular complexity index is 736. The maximum Gasteiger partial charge on any atom is 0.0671 e. The zero-order valence-electron chi connectivity index (χ0n) is 12.2. The van der Waals surface area contributed by atoms with Gasteiger partial charge in [-0.05, 0) is 44.5 Å². The van der Waals surface area contributed by atoms with Crippen molar-refractivity contribution in [1.82, 2.24) is 14.8 Å². The standard InChI is InChI=1S/C16H20N4/c1-4-20-11(2)8-13(12(20)3)9-17-15-6-5-7-16-14(15)10-18-19-16/h5-8,10,17H,4,9H2,1-3H3,(H,18,19). The van der Waals surface area contributed by atoms with Crippen LogP contribution in [-0.4, -0.2) is 14.8 Å². The van der Waals surface area contributed by atoms with E-state index in [1.165, 1.54) is 17.0 Å². The lowest BCUT2D eigenvalue weighted by Gasteiger charge is -2.09. The van der Waals surface area contributed by atoms with Crippen molar-refractivity contribution < 1.29 is 0 Å². The van der Waals surface area contributed by atoms with Gasteiger partial charge in [0.15, 0.2) is 0 Å². The molecule has 2 heterocycles. The van der Waals surface area contributed by atoms with Crippen LogP contribution in [0.2, 0.25) is 0 Å². The van der Waals surface area contributed by atoms with Crippen LogP contribution in [0.5, 0.6) is 0 Å². The summed E-state index contributed by atoms with van der Waals surface area (Å²) >= 11 is 0. The zero-order valence-corrected chi connectivity index (χ0v) is 12.2. The van der Waals surface area contributed by atoms with Gasteiger partial charge in [0.2, 0.25) is 0 Å². The van der Waals surface area contributed by atoms with Gasteiger partial charge in [0.1, 0.15) is 0 Å². The fourth-order valence-electron chi connectivity index (χ4n) is 2.85. The number of rotatable bonds is 4. The number of fused-ring (bicyclic) bond motifs is 1. The van der Waals surface area contributed by atoms with E-state index < -0.39 is 0 Å². The lowest BCUT2D eigenvalue weighted by molar-refractivity contribution is 0.715. The predicted molar refractivity (Wildman–Crippen MR) is 83.0 cm³/mol. The molecule has 0 atom stereocenters. The smallest absolute Gasteiger partial charge is 0.0671 e. The molecule has 2 N–H and O–H groups in total. The number of aromatic nitrogens is 3. The van der Waals surface area contributed by atoms with Gasteiger partial charge in [-0.15, -0.1) is 0 Å². The van der Waals surface area contributed by atoms with Crippen molar-refractivity contribution >= 4 is 16.6 Å². The molecule has 0 saturated carbocycles. The van der Waals surface area contributed by atoms with E-state index in [1.54, 1.807) is 0 Å². The molecule has 0 unspecified atom stereocenters. The number of nitrogens with one attached hydrogen (secondary N) is 2. The summed E-state index contributed by atoms with van der Waals surface area (Å²) in [5, 5.41) is 11.8. The summed E-state index contributed by atoms with van der Waals surface area (Å²) < 4.78 is 2.34. The van der Waals surface area contributed by atoms with Gasteiger partial charge < -0.3 is 9.88 Å². The van der Waals surface area contributed by atoms with Crippen LogP contribution in [0.25, 0.3) is 10.9 Å². The SMILES string of the molecule is CCn1c(C)cc(CNc2cccc3[nH]ncc23)c1C. The van der Waals surface area contributed by atoms with Crippen molar-refractivity contribution in [3.8, 4) is 0 Å². The Labute approximate surface area is 118 Å². The first-order valence-electron chi connectivity index (χ1n) is 7.02. The highest BCUT2D eigenvalue weighted by atomic mass is 15.1. The molecule has 0 aliphatic carbocycles. The van der Waals surface area contributed by atoms with Crippen molar-refractivity contribution in [3.63, 3.8) is 0 Å². The summed E-state index contributed by atoms with van der Waals surface area (Å²) in [7, 11) is 0. The Morgan fingerprint density at radius 2 is 2.15 bits per heavy atom. The van der Waals surface area contributed by atoms with Crippen LogP contribution >= 0.6 is 0 Å². The molecule has 0 amide bonds. The molecule has 0 aliphatic rings. The van der Waals surface area contributed by atoms with Gasteiger partial charge in [-0.1, -0.05) is 6.07 Å². The van der Waals surface area contributed by atoms with Crippen LogP contribution in [0.4, 0.5) is 5.69 Å². The molecule has 1 aromatic carbocycles. The van der Waals surface area contributed by atoms with Gasteiger partial charge in [-0.2, -0.15) is 5.10 Å². The predicted octanol–water partition coefficient (Wildman–Crippen LogP) is 3.61. The molecule has 3 rings (SSSR count). The first-order chi connectivity index (χ1) is 9.70. The number of benzene rings is 1. The Kier molecular flexibility index (Phi) is 3.22. The number of nitrogens with zero attached hydrogens (tertiary/aromatic N) is 2. The number of H-pyrrole nitrogens is 1. The third-order valence-corrected chi connectivity index (χ3v) is 3.95. The molecule has 0 radical (unpaired) electrons. The Morgan fingerprint density at radius 1 is 1.30 bits per heavy atom. The number of hydrogen-bond acceptors (Lipinski definition) is 2. The minimum absolute atomic E-state index is 0.837. The molecule has 4 heteroatoms. The average Bonchev–Trinajstić information content (AvgIpc) is 3.01. The van der Waals surface area contributed by atoms with Crippen molar-refractivity contribution in [2.45, 2.75) is 33.9 Å². The fourth-order valence-corrected chi connectivity index (χ4v) is 2.85. The van der Waals surface area contributed by atoms with Crippen LogP contribution in [-0.2, 0) is 13.1 Å². The second kappa shape index (κ2) is 5.04. The molecule has 0 aliphatic heterocycles. The number of aromatic amines is 1. The first-order valence-corrected chi connectivity index (χ1v) is 7.02. The zero-order chi connectivity index (χ0) is 14.1. The van der Waals surface area contributed by atoms with Crippen molar-refractivity contribution in [2.75, 3.05) is 5.32 Å². The van der Waals surface area contributed by atoms with Gasteiger partial charge >= 0.3 is 0 Å². The largest absolute Gasteiger partial charge is 0.380 e. The molecule has 104 valence electrons. The van der Waals surface area contributed by atoms with Crippen LogP contribution in [0.1, 0.15) is 23.9 Å². The minimum atomic E-state index is 0.837. The van der Waals surface area contributed by atoms with E-state index in [-0.39, 0.29) is 0 Å². The molecule has 0 spiro atoms. The topological polar surface area (TPSA) is 45.6 Å². The molecule has 0 saturated heterocycles. The molecular formula is C16H20N4.